The zero-order valence-corrected chi connectivity index (χ0v) is 21.1. The van der Waals surface area contributed by atoms with Crippen LogP contribution in [0, 0.1) is 0 Å². The molecule has 2 amide bonds. The molecule has 0 saturated heterocycles. The molecule has 0 aliphatic carbocycles. The minimum atomic E-state index is -3.73. The largest absolute Gasteiger partial charge is 0.494 e. The summed E-state index contributed by atoms with van der Waals surface area (Å²) in [7, 11) is -3.73. The van der Waals surface area contributed by atoms with Crippen LogP contribution in [-0.2, 0) is 14.8 Å². The van der Waals surface area contributed by atoms with Gasteiger partial charge in [-0.25, -0.2) is 13.8 Å². The molecule has 3 rings (SSSR count). The highest BCUT2D eigenvalue weighted by Gasteiger charge is 2.21. The van der Waals surface area contributed by atoms with Gasteiger partial charge in [-0.05, 0) is 67.9 Å². The highest BCUT2D eigenvalue weighted by atomic mass is 32.2. The van der Waals surface area contributed by atoms with Gasteiger partial charge in [0, 0.05) is 11.3 Å². The summed E-state index contributed by atoms with van der Waals surface area (Å²) in [6.07, 6.45) is 1.03. The molecule has 0 fully saturated rings. The van der Waals surface area contributed by atoms with E-state index < -0.39 is 22.5 Å². The fourth-order valence-electron chi connectivity index (χ4n) is 3.27. The molecule has 36 heavy (non-hydrogen) atoms. The van der Waals surface area contributed by atoms with Gasteiger partial charge in [0.05, 0.1) is 24.3 Å². The van der Waals surface area contributed by atoms with Gasteiger partial charge >= 0.3 is 0 Å². The summed E-state index contributed by atoms with van der Waals surface area (Å²) in [6.45, 7) is 3.58. The number of sulfonamides is 1. The Bertz CT molecular complexity index is 1340. The summed E-state index contributed by atoms with van der Waals surface area (Å²) in [4.78, 5) is 24.9. The average Bonchev–Trinajstić information content (AvgIpc) is 2.86. The van der Waals surface area contributed by atoms with Crippen LogP contribution in [0.5, 0.6) is 5.75 Å². The molecule has 188 valence electrons. The lowest BCUT2D eigenvalue weighted by Crippen LogP contribution is -2.39. The summed E-state index contributed by atoms with van der Waals surface area (Å²) in [5.74, 6) is -0.255. The number of hydrogen-bond donors (Lipinski definition) is 2. The minimum Gasteiger partial charge on any atom is -0.494 e. The topological polar surface area (TPSA) is 117 Å². The van der Waals surface area contributed by atoms with Crippen molar-refractivity contribution in [3.8, 4) is 5.75 Å². The minimum absolute atomic E-state index is 0.245. The summed E-state index contributed by atoms with van der Waals surface area (Å²) in [6, 6.07) is 22.3. The molecular formula is C26H28N4O5S. The van der Waals surface area contributed by atoms with Gasteiger partial charge in [0.2, 0.25) is 10.0 Å². The monoisotopic (exact) mass is 508 g/mol. The number of rotatable bonds is 10. The standard InChI is InChI=1S/C26H28N4O5S/c1-4-35-24-15-13-23(14-16-24)30(36(3,33)34)18-25(31)29-28-19(2)21-11-8-12-22(17-21)27-26(32)20-9-6-5-7-10-20/h5-17H,4,18H2,1-3H3,(H,27,32)(H,29,31)/b28-19-. The number of anilines is 2. The van der Waals surface area contributed by atoms with E-state index in [4.69, 9.17) is 4.74 Å². The van der Waals surface area contributed by atoms with Crippen molar-refractivity contribution in [3.05, 3.63) is 90.0 Å². The van der Waals surface area contributed by atoms with Crippen molar-refractivity contribution in [3.63, 3.8) is 0 Å². The summed E-state index contributed by atoms with van der Waals surface area (Å²) in [5.41, 5.74) is 4.99. The van der Waals surface area contributed by atoms with Crippen LogP contribution in [0.3, 0.4) is 0 Å². The van der Waals surface area contributed by atoms with Gasteiger partial charge in [0.1, 0.15) is 12.3 Å². The third-order valence-electron chi connectivity index (χ3n) is 5.05. The Morgan fingerprint density at radius 1 is 0.944 bits per heavy atom. The number of hydrogen-bond acceptors (Lipinski definition) is 6. The maximum atomic E-state index is 12.5. The van der Waals surface area contributed by atoms with Crippen LogP contribution in [0.25, 0.3) is 0 Å². The second-order valence-corrected chi connectivity index (χ2v) is 9.74. The summed E-state index contributed by atoms with van der Waals surface area (Å²) in [5, 5.41) is 6.93. The summed E-state index contributed by atoms with van der Waals surface area (Å²) >= 11 is 0. The molecule has 0 aliphatic heterocycles. The van der Waals surface area contributed by atoms with Crippen LogP contribution in [0.15, 0.2) is 84.0 Å². The number of benzene rings is 3. The first-order valence-electron chi connectivity index (χ1n) is 11.2. The third-order valence-corrected chi connectivity index (χ3v) is 6.19. The zero-order chi connectivity index (χ0) is 26.1. The maximum absolute atomic E-state index is 12.5. The molecule has 0 radical (unpaired) electrons. The van der Waals surface area contributed by atoms with Crippen LogP contribution >= 0.6 is 0 Å². The number of ether oxygens (including phenoxy) is 1. The van der Waals surface area contributed by atoms with Gasteiger partial charge in [-0.15, -0.1) is 0 Å². The first kappa shape index (κ1) is 26.4. The fourth-order valence-corrected chi connectivity index (χ4v) is 4.12. The third kappa shape index (κ3) is 7.41. The quantitative estimate of drug-likeness (QED) is 0.320. The normalized spacial score (nSPS) is 11.5. The molecule has 9 nitrogen and oxygen atoms in total. The summed E-state index contributed by atoms with van der Waals surface area (Å²) < 4.78 is 31.0. The molecule has 0 atom stereocenters. The maximum Gasteiger partial charge on any atom is 0.260 e. The zero-order valence-electron chi connectivity index (χ0n) is 20.3. The number of nitrogens with one attached hydrogen (secondary N) is 2. The Kier molecular flexibility index (Phi) is 8.80. The molecule has 10 heteroatoms. The van der Waals surface area contributed by atoms with Gasteiger partial charge < -0.3 is 10.1 Å². The van der Waals surface area contributed by atoms with E-state index in [9.17, 15) is 18.0 Å². The molecule has 3 aromatic carbocycles. The van der Waals surface area contributed by atoms with Crippen LogP contribution in [0.1, 0.15) is 29.8 Å². The predicted octanol–water partition coefficient (Wildman–Crippen LogP) is 3.64. The van der Waals surface area contributed by atoms with E-state index in [0.717, 1.165) is 10.6 Å². The Labute approximate surface area is 210 Å². The van der Waals surface area contributed by atoms with E-state index in [0.29, 0.717) is 40.6 Å². The van der Waals surface area contributed by atoms with E-state index in [1.165, 1.54) is 0 Å². The number of carbonyl (C=O) groups excluding carboxylic acids is 2. The smallest absolute Gasteiger partial charge is 0.260 e. The predicted molar refractivity (Wildman–Crippen MR) is 141 cm³/mol. The van der Waals surface area contributed by atoms with Crippen molar-refractivity contribution in [2.75, 3.05) is 29.0 Å². The number of carbonyl (C=O) groups is 2. The van der Waals surface area contributed by atoms with Crippen molar-refractivity contribution in [2.45, 2.75) is 13.8 Å². The van der Waals surface area contributed by atoms with Crippen LogP contribution in [0.4, 0.5) is 11.4 Å². The van der Waals surface area contributed by atoms with Gasteiger partial charge in [-0.3, -0.25) is 13.9 Å². The van der Waals surface area contributed by atoms with Crippen molar-refractivity contribution in [1.29, 1.82) is 0 Å². The molecule has 0 spiro atoms. The molecule has 0 aromatic heterocycles. The lowest BCUT2D eigenvalue weighted by atomic mass is 10.1. The first-order valence-corrected chi connectivity index (χ1v) is 13.0. The first-order chi connectivity index (χ1) is 17.2. The van der Waals surface area contributed by atoms with Crippen LogP contribution < -0.4 is 19.8 Å². The van der Waals surface area contributed by atoms with Crippen molar-refractivity contribution in [1.82, 2.24) is 5.43 Å². The number of amides is 2. The Balaban J connectivity index is 1.67. The van der Waals surface area contributed by atoms with Crippen LogP contribution in [0.2, 0.25) is 0 Å². The van der Waals surface area contributed by atoms with E-state index >= 15 is 0 Å². The Morgan fingerprint density at radius 3 is 2.25 bits per heavy atom. The highest BCUT2D eigenvalue weighted by molar-refractivity contribution is 7.92. The lowest BCUT2D eigenvalue weighted by molar-refractivity contribution is -0.119. The second-order valence-electron chi connectivity index (χ2n) is 7.83. The van der Waals surface area contributed by atoms with Gasteiger partial charge in [0.25, 0.3) is 11.8 Å². The number of nitrogens with zero attached hydrogens (tertiary/aromatic N) is 2. The molecule has 2 N–H and O–H groups in total. The molecule has 3 aromatic rings. The van der Waals surface area contributed by atoms with E-state index in [-0.39, 0.29) is 5.91 Å². The lowest BCUT2D eigenvalue weighted by Gasteiger charge is -2.21. The highest BCUT2D eigenvalue weighted by Crippen LogP contribution is 2.21. The van der Waals surface area contributed by atoms with Crippen LogP contribution in [-0.4, -0.2) is 45.4 Å². The average molecular weight is 509 g/mol. The van der Waals surface area contributed by atoms with E-state index in [1.807, 2.05) is 13.0 Å². The second kappa shape index (κ2) is 12.0. The van der Waals surface area contributed by atoms with Gasteiger partial charge in [0.15, 0.2) is 0 Å². The van der Waals surface area contributed by atoms with E-state index in [2.05, 4.69) is 15.8 Å². The SMILES string of the molecule is CCOc1ccc(N(CC(=O)N/N=C(/C)c2cccc(NC(=O)c3ccccc3)c2)S(C)(=O)=O)cc1. The molecule has 0 unspecified atom stereocenters. The Hall–Kier alpha value is -4.18. The number of hydrazone groups is 1. The van der Waals surface area contributed by atoms with E-state index in [1.54, 1.807) is 79.7 Å². The molecule has 0 saturated carbocycles. The molecular weight excluding hydrogens is 480 g/mol. The van der Waals surface area contributed by atoms with Crippen molar-refractivity contribution in [2.24, 2.45) is 5.10 Å². The van der Waals surface area contributed by atoms with Gasteiger partial charge in [-0.2, -0.15) is 5.10 Å². The molecule has 0 heterocycles. The Morgan fingerprint density at radius 2 is 1.61 bits per heavy atom. The van der Waals surface area contributed by atoms with Crippen molar-refractivity contribution >= 4 is 38.9 Å². The molecule has 0 bridgehead atoms. The van der Waals surface area contributed by atoms with Gasteiger partial charge in [-0.1, -0.05) is 30.3 Å². The molecule has 0 aliphatic rings. The van der Waals surface area contributed by atoms with Crippen molar-refractivity contribution < 1.29 is 22.7 Å². The fraction of sp³-hybridized carbons (Fsp3) is 0.192.